The molecule has 260 valence electrons. The van der Waals surface area contributed by atoms with Crippen molar-refractivity contribution in [2.75, 3.05) is 6.61 Å². The van der Waals surface area contributed by atoms with Gasteiger partial charge in [-0.3, -0.25) is 5.14 Å². The van der Waals surface area contributed by atoms with E-state index in [4.69, 9.17) is 14.6 Å². The molecule has 2 N–H and O–H groups in total. The number of nitrogens with two attached hydrogens (primary N) is 1. The molecular formula is C33H50F7NO3S. The zero-order valence-corrected chi connectivity index (χ0v) is 28.8. The van der Waals surface area contributed by atoms with Gasteiger partial charge in [0.2, 0.25) is 5.92 Å². The van der Waals surface area contributed by atoms with Crippen molar-refractivity contribution in [3.63, 3.8) is 0 Å². The lowest BCUT2D eigenvalue weighted by atomic mass is 9.91. The van der Waals surface area contributed by atoms with Gasteiger partial charge in [0.25, 0.3) is 0 Å². The minimum absolute atomic E-state index is 0.0201. The van der Waals surface area contributed by atoms with Crippen LogP contribution in [0.2, 0.25) is 0 Å². The van der Waals surface area contributed by atoms with Crippen molar-refractivity contribution in [3.05, 3.63) is 71.3 Å². The van der Waals surface area contributed by atoms with Crippen LogP contribution in [0.4, 0.5) is 30.7 Å². The summed E-state index contributed by atoms with van der Waals surface area (Å²) >= 11 is 0.573. The molecular weight excluding hydrogens is 623 g/mol. The second-order valence-electron chi connectivity index (χ2n) is 10.1. The Morgan fingerprint density at radius 2 is 1.44 bits per heavy atom. The first-order valence-corrected chi connectivity index (χ1v) is 15.5. The lowest BCUT2D eigenvalue weighted by molar-refractivity contribution is -0.157. The quantitative estimate of drug-likeness (QED) is 0.199. The molecule has 0 spiro atoms. The van der Waals surface area contributed by atoms with Gasteiger partial charge in [-0.2, -0.15) is 13.2 Å². The van der Waals surface area contributed by atoms with E-state index in [-0.39, 0.29) is 17.5 Å². The van der Waals surface area contributed by atoms with Gasteiger partial charge in [-0.25, -0.2) is 22.4 Å². The molecule has 3 rings (SSSR count). The number of hydrogen-bond acceptors (Lipinski definition) is 5. The first-order valence-electron chi connectivity index (χ1n) is 14.6. The largest absolute Gasteiger partial charge is 0.482 e. The Bertz CT molecular complexity index is 1090. The molecule has 0 bridgehead atoms. The topological polar surface area (TPSA) is 61.5 Å². The van der Waals surface area contributed by atoms with Crippen LogP contribution in [0.1, 0.15) is 98.8 Å². The summed E-state index contributed by atoms with van der Waals surface area (Å²) in [4.78, 5) is 11.7. The zero-order valence-electron chi connectivity index (χ0n) is 28.0. The summed E-state index contributed by atoms with van der Waals surface area (Å²) in [6.45, 7) is 16.9. The predicted octanol–water partition coefficient (Wildman–Crippen LogP) is 11.3. The lowest BCUT2D eigenvalue weighted by Crippen LogP contribution is -2.27. The third kappa shape index (κ3) is 26.2. The Morgan fingerprint density at radius 1 is 0.933 bits per heavy atom. The second kappa shape index (κ2) is 24.5. The zero-order chi connectivity index (χ0) is 35.9. The van der Waals surface area contributed by atoms with Crippen LogP contribution in [0.3, 0.4) is 0 Å². The van der Waals surface area contributed by atoms with E-state index in [0.29, 0.717) is 24.3 Å². The van der Waals surface area contributed by atoms with Crippen LogP contribution in [0.5, 0.6) is 5.75 Å². The molecule has 45 heavy (non-hydrogen) atoms. The van der Waals surface area contributed by atoms with Gasteiger partial charge in [0.15, 0.2) is 6.61 Å². The summed E-state index contributed by atoms with van der Waals surface area (Å²) in [6.07, 6.45) is 1.88. The number of esters is 1. The average Bonchev–Trinajstić information content (AvgIpc) is 2.96. The van der Waals surface area contributed by atoms with E-state index in [1.165, 1.54) is 30.0 Å². The Kier molecular flexibility index (Phi) is 25.4. The highest BCUT2D eigenvalue weighted by atomic mass is 32.2. The molecule has 0 radical (unpaired) electrons. The van der Waals surface area contributed by atoms with Crippen molar-refractivity contribution in [1.82, 2.24) is 0 Å². The summed E-state index contributed by atoms with van der Waals surface area (Å²) < 4.78 is 92.2. The van der Waals surface area contributed by atoms with E-state index in [1.807, 2.05) is 60.6 Å². The van der Waals surface area contributed by atoms with Gasteiger partial charge in [-0.05, 0) is 115 Å². The molecule has 0 amide bonds. The van der Waals surface area contributed by atoms with Gasteiger partial charge in [0.05, 0.1) is 11.9 Å². The Balaban J connectivity index is -0.000000586. The summed E-state index contributed by atoms with van der Waals surface area (Å²) in [5, 5.41) is 5.01. The SMILES string of the molecule is C/C=C/F.CC.CC.CC(C)(C)OC(=O)COc1cccc2c1CCCC2.CC(C)(F)F.NSc1cc(F)cc(C(F)(F)F)c1. The smallest absolute Gasteiger partial charge is 0.416 e. The molecule has 0 atom stereocenters. The maximum atomic E-state index is 12.6. The van der Waals surface area contributed by atoms with Crippen LogP contribution in [-0.4, -0.2) is 24.1 Å². The van der Waals surface area contributed by atoms with Crippen LogP contribution >= 0.6 is 11.9 Å². The molecule has 0 saturated carbocycles. The number of fused-ring (bicyclic) bond motifs is 1. The molecule has 0 unspecified atom stereocenters. The summed E-state index contributed by atoms with van der Waals surface area (Å²) in [5.74, 6) is -2.92. The Labute approximate surface area is 269 Å². The summed E-state index contributed by atoms with van der Waals surface area (Å²) in [6, 6.07) is 8.26. The highest BCUT2D eigenvalue weighted by molar-refractivity contribution is 7.97. The average molecular weight is 674 g/mol. The molecule has 12 heteroatoms. The number of halogens is 7. The van der Waals surface area contributed by atoms with Gasteiger partial charge in [-0.15, -0.1) is 0 Å². The van der Waals surface area contributed by atoms with Gasteiger partial charge in [-0.1, -0.05) is 45.9 Å². The standard InChI is InChI=1S/C16H22O3.C7H5F4NS.C3H6F2.C3H5F.2C2H6/c1-16(2,3)19-15(17)11-18-14-10-6-8-12-7-4-5-9-13(12)14;8-5-1-4(7(9,10)11)2-6(3-5)13-12;1-3(2,4)5;1-2-3-4;2*1-2/h6,8,10H,4-5,7,9,11H2,1-3H3;1-3H,12H2;1-2H3;2-3H,1H3;2*1-2H3/b;;;3-2+;;. The number of hydrogen-bond donors (Lipinski definition) is 1. The number of benzene rings is 2. The third-order valence-electron chi connectivity index (χ3n) is 4.58. The maximum Gasteiger partial charge on any atom is 0.416 e. The van der Waals surface area contributed by atoms with E-state index in [9.17, 15) is 35.5 Å². The molecule has 2 aromatic carbocycles. The lowest BCUT2D eigenvalue weighted by Gasteiger charge is -2.21. The van der Waals surface area contributed by atoms with Crippen molar-refractivity contribution in [2.24, 2.45) is 5.14 Å². The molecule has 0 saturated heterocycles. The molecule has 1 aliphatic rings. The van der Waals surface area contributed by atoms with E-state index >= 15 is 0 Å². The highest BCUT2D eigenvalue weighted by Gasteiger charge is 2.31. The molecule has 0 aliphatic heterocycles. The van der Waals surface area contributed by atoms with Crippen molar-refractivity contribution in [2.45, 2.75) is 118 Å². The fraction of sp³-hybridized carbons (Fsp3) is 0.545. The molecule has 0 fully saturated rings. The Morgan fingerprint density at radius 3 is 1.89 bits per heavy atom. The predicted molar refractivity (Wildman–Crippen MR) is 171 cm³/mol. The van der Waals surface area contributed by atoms with E-state index in [1.54, 1.807) is 6.92 Å². The van der Waals surface area contributed by atoms with E-state index in [2.05, 4.69) is 6.07 Å². The number of alkyl halides is 5. The monoisotopic (exact) mass is 673 g/mol. The van der Waals surface area contributed by atoms with Crippen molar-refractivity contribution in [1.29, 1.82) is 0 Å². The van der Waals surface area contributed by atoms with Gasteiger partial charge >= 0.3 is 12.1 Å². The van der Waals surface area contributed by atoms with Crippen LogP contribution in [0, 0.1) is 5.82 Å². The van der Waals surface area contributed by atoms with Crippen molar-refractivity contribution < 1.29 is 45.0 Å². The molecule has 0 heterocycles. The number of allylic oxidation sites excluding steroid dienone is 1. The molecule has 4 nitrogen and oxygen atoms in total. The minimum Gasteiger partial charge on any atom is -0.482 e. The summed E-state index contributed by atoms with van der Waals surface area (Å²) in [5.41, 5.74) is 1.13. The number of aryl methyl sites for hydroxylation is 1. The number of carbonyl (C=O) groups excluding carboxylic acids is 1. The van der Waals surface area contributed by atoms with E-state index < -0.39 is 29.1 Å². The maximum absolute atomic E-state index is 12.6. The van der Waals surface area contributed by atoms with Crippen LogP contribution < -0.4 is 9.88 Å². The third-order valence-corrected chi connectivity index (χ3v) is 5.09. The Hall–Kier alpha value is -2.73. The van der Waals surface area contributed by atoms with Gasteiger partial charge in [0, 0.05) is 4.90 Å². The minimum atomic E-state index is -4.54. The molecule has 2 aromatic rings. The number of ether oxygens (including phenoxy) is 2. The van der Waals surface area contributed by atoms with E-state index in [0.717, 1.165) is 44.6 Å². The second-order valence-corrected chi connectivity index (χ2v) is 10.8. The van der Waals surface area contributed by atoms with Crippen molar-refractivity contribution in [3.8, 4) is 5.75 Å². The van der Waals surface area contributed by atoms with Gasteiger partial charge < -0.3 is 9.47 Å². The highest BCUT2D eigenvalue weighted by Crippen LogP contribution is 2.32. The molecule has 1 aliphatic carbocycles. The van der Waals surface area contributed by atoms with Crippen LogP contribution in [0.25, 0.3) is 0 Å². The van der Waals surface area contributed by atoms with Crippen molar-refractivity contribution >= 4 is 17.9 Å². The van der Waals surface area contributed by atoms with Gasteiger partial charge in [0.1, 0.15) is 17.2 Å². The fourth-order valence-corrected chi connectivity index (χ4v) is 3.56. The van der Waals surface area contributed by atoms with Crippen LogP contribution in [-0.2, 0) is 28.5 Å². The number of rotatable bonds is 4. The summed E-state index contributed by atoms with van der Waals surface area (Å²) in [7, 11) is 0. The first-order chi connectivity index (χ1) is 20.8. The molecule has 0 aromatic heterocycles. The number of carbonyl (C=O) groups is 1. The normalized spacial score (nSPS) is 12.0. The first kappa shape index (κ1) is 46.7. The fourth-order valence-electron chi connectivity index (χ4n) is 3.18. The van der Waals surface area contributed by atoms with Crippen LogP contribution in [0.15, 0.2) is 53.7 Å².